The number of carbonyl (C=O) groups excluding carboxylic acids is 2. The molecule has 1 aromatic rings. The molecule has 0 aliphatic carbocycles. The van der Waals surface area contributed by atoms with Crippen LogP contribution in [0.15, 0.2) is 18.2 Å². The molecule has 0 spiro atoms. The Labute approximate surface area is 140 Å². The van der Waals surface area contributed by atoms with Gasteiger partial charge in [-0.15, -0.1) is 0 Å². The van der Waals surface area contributed by atoms with E-state index in [1.165, 1.54) is 11.8 Å². The van der Waals surface area contributed by atoms with Crippen molar-refractivity contribution in [3.05, 3.63) is 28.8 Å². The van der Waals surface area contributed by atoms with E-state index in [2.05, 4.69) is 5.32 Å². The smallest absolute Gasteiger partial charge is 0.244 e. The molecule has 1 fully saturated rings. The van der Waals surface area contributed by atoms with Gasteiger partial charge in [0, 0.05) is 23.7 Å². The topological polar surface area (TPSA) is 83.6 Å². The summed E-state index contributed by atoms with van der Waals surface area (Å²) in [6, 6.07) is 4.69. The van der Waals surface area contributed by atoms with Crippen molar-refractivity contribution in [2.45, 2.75) is 26.3 Å². The third-order valence-electron chi connectivity index (χ3n) is 3.84. The molecule has 2 amide bonds. The van der Waals surface area contributed by atoms with Gasteiger partial charge in [0.15, 0.2) is 9.84 Å². The zero-order chi connectivity index (χ0) is 17.2. The highest BCUT2D eigenvalue weighted by molar-refractivity contribution is 7.91. The average molecular weight is 359 g/mol. The van der Waals surface area contributed by atoms with Gasteiger partial charge in [-0.2, -0.15) is 0 Å². The molecule has 0 bridgehead atoms. The number of sulfone groups is 1. The van der Waals surface area contributed by atoms with E-state index in [-0.39, 0.29) is 29.9 Å². The van der Waals surface area contributed by atoms with E-state index in [0.29, 0.717) is 17.1 Å². The molecule has 8 heteroatoms. The van der Waals surface area contributed by atoms with Gasteiger partial charge in [0.05, 0.1) is 11.5 Å². The Morgan fingerprint density at radius 2 is 2.09 bits per heavy atom. The third kappa shape index (κ3) is 4.68. The number of carbonyl (C=O) groups is 2. The highest BCUT2D eigenvalue weighted by atomic mass is 35.5. The summed E-state index contributed by atoms with van der Waals surface area (Å²) in [5, 5.41) is 3.21. The maximum absolute atomic E-state index is 12.2. The molecule has 1 aliphatic heterocycles. The molecule has 1 aliphatic rings. The molecule has 126 valence electrons. The van der Waals surface area contributed by atoms with E-state index in [9.17, 15) is 18.0 Å². The first-order valence-electron chi connectivity index (χ1n) is 7.21. The summed E-state index contributed by atoms with van der Waals surface area (Å²) >= 11 is 5.91. The fourth-order valence-corrected chi connectivity index (χ4v) is 4.49. The second-order valence-corrected chi connectivity index (χ2v) is 8.38. The van der Waals surface area contributed by atoms with Gasteiger partial charge in [-0.3, -0.25) is 9.59 Å². The van der Waals surface area contributed by atoms with Crippen LogP contribution in [0.25, 0.3) is 0 Å². The molecule has 1 N–H and O–H groups in total. The number of benzene rings is 1. The van der Waals surface area contributed by atoms with E-state index >= 15 is 0 Å². The van der Waals surface area contributed by atoms with E-state index in [1.807, 2.05) is 6.92 Å². The maximum Gasteiger partial charge on any atom is 0.244 e. The van der Waals surface area contributed by atoms with E-state index in [0.717, 1.165) is 5.56 Å². The Kier molecular flexibility index (Phi) is 5.31. The summed E-state index contributed by atoms with van der Waals surface area (Å²) in [6.07, 6.45) is 0.366. The summed E-state index contributed by atoms with van der Waals surface area (Å²) in [6.45, 7) is 2.99. The van der Waals surface area contributed by atoms with Gasteiger partial charge < -0.3 is 10.2 Å². The number of aryl methyl sites for hydroxylation is 1. The van der Waals surface area contributed by atoms with Crippen molar-refractivity contribution in [3.63, 3.8) is 0 Å². The van der Waals surface area contributed by atoms with Crippen molar-refractivity contribution >= 4 is 38.9 Å². The standard InChI is InChI=1S/C15H19ClN2O4S/c1-10-3-4-12(16)7-14(10)17-15(20)8-18(11(2)19)13-5-6-23(21,22)9-13/h3-4,7,13H,5-6,8-9H2,1-2H3,(H,17,20). The van der Waals surface area contributed by atoms with Gasteiger partial charge >= 0.3 is 0 Å². The molecular weight excluding hydrogens is 340 g/mol. The molecule has 1 saturated heterocycles. The van der Waals surface area contributed by atoms with E-state index in [1.54, 1.807) is 18.2 Å². The molecule has 2 rings (SSSR count). The Bertz CT molecular complexity index is 733. The Morgan fingerprint density at radius 1 is 1.39 bits per heavy atom. The quantitative estimate of drug-likeness (QED) is 0.886. The minimum atomic E-state index is -3.12. The number of nitrogens with one attached hydrogen (secondary N) is 1. The average Bonchev–Trinajstić information content (AvgIpc) is 2.80. The lowest BCUT2D eigenvalue weighted by molar-refractivity contribution is -0.134. The van der Waals surface area contributed by atoms with Crippen LogP contribution in [0.2, 0.25) is 5.02 Å². The number of nitrogens with zero attached hydrogens (tertiary/aromatic N) is 1. The summed E-state index contributed by atoms with van der Waals surface area (Å²) in [7, 11) is -3.12. The van der Waals surface area contributed by atoms with Crippen molar-refractivity contribution in [2.75, 3.05) is 23.4 Å². The van der Waals surface area contributed by atoms with E-state index in [4.69, 9.17) is 11.6 Å². The summed E-state index contributed by atoms with van der Waals surface area (Å²) in [4.78, 5) is 25.3. The second-order valence-electron chi connectivity index (χ2n) is 5.71. The van der Waals surface area contributed by atoms with Crippen LogP contribution in [0, 0.1) is 6.92 Å². The lowest BCUT2D eigenvalue weighted by Crippen LogP contribution is -2.44. The first-order valence-corrected chi connectivity index (χ1v) is 9.41. The second kappa shape index (κ2) is 6.88. The van der Waals surface area contributed by atoms with E-state index < -0.39 is 15.9 Å². The first kappa shape index (κ1) is 17.7. The van der Waals surface area contributed by atoms with Crippen molar-refractivity contribution in [1.82, 2.24) is 4.90 Å². The van der Waals surface area contributed by atoms with Crippen LogP contribution in [-0.2, 0) is 19.4 Å². The van der Waals surface area contributed by atoms with Gasteiger partial charge in [0.1, 0.15) is 6.54 Å². The van der Waals surface area contributed by atoms with Crippen LogP contribution in [0.5, 0.6) is 0 Å². The highest BCUT2D eigenvalue weighted by Crippen LogP contribution is 2.21. The largest absolute Gasteiger partial charge is 0.330 e. The molecule has 23 heavy (non-hydrogen) atoms. The monoisotopic (exact) mass is 358 g/mol. The van der Waals surface area contributed by atoms with Gasteiger partial charge in [-0.1, -0.05) is 17.7 Å². The molecule has 1 heterocycles. The van der Waals surface area contributed by atoms with Crippen molar-refractivity contribution in [1.29, 1.82) is 0 Å². The minimum absolute atomic E-state index is 0.0521. The van der Waals surface area contributed by atoms with Crippen LogP contribution in [0.4, 0.5) is 5.69 Å². The summed E-state index contributed by atoms with van der Waals surface area (Å²) < 4.78 is 23.1. The molecule has 0 saturated carbocycles. The lowest BCUT2D eigenvalue weighted by atomic mass is 10.2. The van der Waals surface area contributed by atoms with Crippen molar-refractivity contribution in [3.8, 4) is 0 Å². The predicted molar refractivity (Wildman–Crippen MR) is 89.3 cm³/mol. The highest BCUT2D eigenvalue weighted by Gasteiger charge is 2.34. The molecule has 1 aromatic carbocycles. The zero-order valence-corrected chi connectivity index (χ0v) is 14.6. The fourth-order valence-electron chi connectivity index (χ4n) is 2.59. The maximum atomic E-state index is 12.2. The molecule has 1 unspecified atom stereocenters. The molecule has 1 atom stereocenters. The van der Waals surface area contributed by atoms with Crippen molar-refractivity contribution < 1.29 is 18.0 Å². The molecule has 0 aromatic heterocycles. The fraction of sp³-hybridized carbons (Fsp3) is 0.467. The van der Waals surface area contributed by atoms with Crippen LogP contribution in [0.1, 0.15) is 18.9 Å². The van der Waals surface area contributed by atoms with Crippen LogP contribution < -0.4 is 5.32 Å². The number of anilines is 1. The Morgan fingerprint density at radius 3 is 2.65 bits per heavy atom. The predicted octanol–water partition coefficient (Wildman–Crippen LogP) is 1.62. The first-order chi connectivity index (χ1) is 10.7. The summed E-state index contributed by atoms with van der Waals surface area (Å²) in [5.41, 5.74) is 1.42. The van der Waals surface area contributed by atoms with Gasteiger partial charge in [0.2, 0.25) is 11.8 Å². The number of rotatable bonds is 4. The molecular formula is C15H19ClN2O4S. The number of amides is 2. The number of hydrogen-bond donors (Lipinski definition) is 1. The van der Waals surface area contributed by atoms with Crippen LogP contribution >= 0.6 is 11.6 Å². The van der Waals surface area contributed by atoms with Gasteiger partial charge in [0.25, 0.3) is 0 Å². The number of halogens is 1. The third-order valence-corrected chi connectivity index (χ3v) is 5.83. The zero-order valence-electron chi connectivity index (χ0n) is 13.0. The van der Waals surface area contributed by atoms with Crippen LogP contribution in [-0.4, -0.2) is 49.2 Å². The van der Waals surface area contributed by atoms with Gasteiger partial charge in [-0.05, 0) is 31.0 Å². The Balaban J connectivity index is 2.07. The minimum Gasteiger partial charge on any atom is -0.330 e. The Hall–Kier alpha value is -1.60. The van der Waals surface area contributed by atoms with Crippen molar-refractivity contribution in [2.24, 2.45) is 0 Å². The molecule has 0 radical (unpaired) electrons. The number of hydrogen-bond acceptors (Lipinski definition) is 4. The van der Waals surface area contributed by atoms with Gasteiger partial charge in [-0.25, -0.2) is 8.42 Å². The van der Waals surface area contributed by atoms with Crippen LogP contribution in [0.3, 0.4) is 0 Å². The SMILES string of the molecule is CC(=O)N(CC(=O)Nc1cc(Cl)ccc1C)C1CCS(=O)(=O)C1. The normalized spacial score (nSPS) is 19.3. The summed E-state index contributed by atoms with van der Waals surface area (Å²) in [5.74, 6) is -0.730. The lowest BCUT2D eigenvalue weighted by Gasteiger charge is -2.26. The molecule has 6 nitrogen and oxygen atoms in total.